The Hall–Kier alpha value is -3.12. The van der Waals surface area contributed by atoms with Gasteiger partial charge in [-0.2, -0.15) is 10.4 Å². The Morgan fingerprint density at radius 1 is 1.05 bits per heavy atom. The molecule has 1 heterocycles. The fourth-order valence-corrected chi connectivity index (χ4v) is 2.24. The highest BCUT2D eigenvalue weighted by atomic mass is 15.3. The van der Waals surface area contributed by atoms with Gasteiger partial charge >= 0.3 is 0 Å². The molecule has 3 aromatic rings. The van der Waals surface area contributed by atoms with Crippen molar-refractivity contribution in [2.45, 2.75) is 6.92 Å². The average Bonchev–Trinajstić information content (AvgIpc) is 3.00. The predicted octanol–water partition coefficient (Wildman–Crippen LogP) is 4.22. The van der Waals surface area contributed by atoms with Crippen molar-refractivity contribution in [3.63, 3.8) is 0 Å². The van der Waals surface area contributed by atoms with Gasteiger partial charge in [-0.1, -0.05) is 48.6 Å². The monoisotopic (exact) mass is 285 g/mol. The summed E-state index contributed by atoms with van der Waals surface area (Å²) < 4.78 is 1.78. The molecule has 0 saturated carbocycles. The van der Waals surface area contributed by atoms with Crippen LogP contribution in [0.25, 0.3) is 17.8 Å². The Kier molecular flexibility index (Phi) is 3.84. The number of hydrogen-bond acceptors (Lipinski definition) is 2. The van der Waals surface area contributed by atoms with E-state index in [-0.39, 0.29) is 0 Å². The van der Waals surface area contributed by atoms with E-state index in [1.165, 1.54) is 0 Å². The van der Waals surface area contributed by atoms with E-state index < -0.39 is 0 Å². The van der Waals surface area contributed by atoms with Crippen LogP contribution in [-0.2, 0) is 0 Å². The normalized spacial score (nSPS) is 10.7. The number of benzene rings is 2. The summed E-state index contributed by atoms with van der Waals surface area (Å²) >= 11 is 0. The van der Waals surface area contributed by atoms with Crippen molar-refractivity contribution >= 4 is 12.2 Å². The van der Waals surface area contributed by atoms with Crippen LogP contribution in [0.2, 0.25) is 0 Å². The summed E-state index contributed by atoms with van der Waals surface area (Å²) in [4.78, 5) is 0. The number of aryl methyl sites for hydroxylation is 1. The van der Waals surface area contributed by atoms with Crippen LogP contribution in [0.3, 0.4) is 0 Å². The number of nitriles is 1. The van der Waals surface area contributed by atoms with Gasteiger partial charge in [-0.3, -0.25) is 0 Å². The maximum atomic E-state index is 9.38. The standard InChI is InChI=1S/C19H15N3/c1-15-11-12-22(21-15)19-10-9-17(18(13-19)14-20)8-7-16-5-3-2-4-6-16/h2-13H,1H3. The van der Waals surface area contributed by atoms with Gasteiger partial charge in [-0.15, -0.1) is 0 Å². The lowest BCUT2D eigenvalue weighted by molar-refractivity contribution is 0.862. The highest BCUT2D eigenvalue weighted by Crippen LogP contribution is 2.17. The molecule has 0 aliphatic heterocycles. The number of nitrogens with zero attached hydrogens (tertiary/aromatic N) is 3. The fraction of sp³-hybridized carbons (Fsp3) is 0.0526. The molecule has 0 saturated heterocycles. The van der Waals surface area contributed by atoms with E-state index in [1.54, 1.807) is 4.68 Å². The van der Waals surface area contributed by atoms with E-state index in [0.717, 1.165) is 22.5 Å². The van der Waals surface area contributed by atoms with Crippen molar-refractivity contribution in [1.29, 1.82) is 5.26 Å². The highest BCUT2D eigenvalue weighted by Gasteiger charge is 2.04. The lowest BCUT2D eigenvalue weighted by atomic mass is 10.1. The summed E-state index contributed by atoms with van der Waals surface area (Å²) in [6.07, 6.45) is 5.87. The molecule has 0 bridgehead atoms. The molecule has 3 heteroatoms. The van der Waals surface area contributed by atoms with Crippen LogP contribution in [0, 0.1) is 18.3 Å². The van der Waals surface area contributed by atoms with Gasteiger partial charge in [-0.25, -0.2) is 4.68 Å². The van der Waals surface area contributed by atoms with E-state index in [2.05, 4.69) is 11.2 Å². The third kappa shape index (κ3) is 2.97. The molecule has 0 amide bonds. The van der Waals surface area contributed by atoms with Crippen LogP contribution in [-0.4, -0.2) is 9.78 Å². The second kappa shape index (κ2) is 6.11. The van der Waals surface area contributed by atoms with E-state index in [4.69, 9.17) is 0 Å². The molecule has 0 aliphatic rings. The van der Waals surface area contributed by atoms with Crippen molar-refractivity contribution in [1.82, 2.24) is 9.78 Å². The van der Waals surface area contributed by atoms with Crippen LogP contribution in [0.5, 0.6) is 0 Å². The zero-order chi connectivity index (χ0) is 15.4. The average molecular weight is 285 g/mol. The van der Waals surface area contributed by atoms with Crippen molar-refractivity contribution in [2.75, 3.05) is 0 Å². The maximum absolute atomic E-state index is 9.38. The van der Waals surface area contributed by atoms with Gasteiger partial charge in [-0.05, 0) is 36.2 Å². The zero-order valence-corrected chi connectivity index (χ0v) is 12.3. The van der Waals surface area contributed by atoms with Crippen molar-refractivity contribution in [3.8, 4) is 11.8 Å². The van der Waals surface area contributed by atoms with Gasteiger partial charge in [0.1, 0.15) is 0 Å². The molecular formula is C19H15N3. The smallest absolute Gasteiger partial charge is 0.0998 e. The molecular weight excluding hydrogens is 270 g/mol. The first kappa shape index (κ1) is 13.8. The van der Waals surface area contributed by atoms with Crippen molar-refractivity contribution in [2.24, 2.45) is 0 Å². The summed E-state index contributed by atoms with van der Waals surface area (Å²) in [5.41, 5.74) is 4.49. The summed E-state index contributed by atoms with van der Waals surface area (Å²) in [6, 6.07) is 20.0. The van der Waals surface area contributed by atoms with E-state index in [9.17, 15) is 5.26 Å². The molecule has 0 unspecified atom stereocenters. The topological polar surface area (TPSA) is 41.6 Å². The van der Waals surface area contributed by atoms with Crippen LogP contribution in [0.15, 0.2) is 60.8 Å². The van der Waals surface area contributed by atoms with Gasteiger partial charge in [0.15, 0.2) is 0 Å². The lowest BCUT2D eigenvalue weighted by Crippen LogP contribution is -1.96. The molecule has 1 aromatic heterocycles. The largest absolute Gasteiger partial charge is 0.241 e. The number of hydrogen-bond donors (Lipinski definition) is 0. The minimum Gasteiger partial charge on any atom is -0.241 e. The Labute approximate surface area is 129 Å². The van der Waals surface area contributed by atoms with Crippen LogP contribution >= 0.6 is 0 Å². The highest BCUT2D eigenvalue weighted by molar-refractivity contribution is 5.73. The minimum atomic E-state index is 0.637. The Balaban J connectivity index is 1.93. The quantitative estimate of drug-likeness (QED) is 0.676. The molecule has 22 heavy (non-hydrogen) atoms. The van der Waals surface area contributed by atoms with E-state index in [1.807, 2.05) is 79.9 Å². The first-order valence-electron chi connectivity index (χ1n) is 7.06. The molecule has 0 radical (unpaired) electrons. The molecule has 2 aromatic carbocycles. The molecule has 3 nitrogen and oxygen atoms in total. The lowest BCUT2D eigenvalue weighted by Gasteiger charge is -2.04. The molecule has 0 fully saturated rings. The second-order valence-corrected chi connectivity index (χ2v) is 5.03. The maximum Gasteiger partial charge on any atom is 0.0998 e. The van der Waals surface area contributed by atoms with Gasteiger partial charge in [0.25, 0.3) is 0 Å². The Bertz CT molecular complexity index is 852. The number of aromatic nitrogens is 2. The van der Waals surface area contributed by atoms with Crippen molar-refractivity contribution in [3.05, 3.63) is 83.2 Å². The van der Waals surface area contributed by atoms with E-state index >= 15 is 0 Å². The van der Waals surface area contributed by atoms with Gasteiger partial charge in [0.05, 0.1) is 23.0 Å². The van der Waals surface area contributed by atoms with E-state index in [0.29, 0.717) is 5.56 Å². The third-order valence-corrected chi connectivity index (χ3v) is 3.40. The molecule has 0 spiro atoms. The number of rotatable bonds is 3. The molecule has 0 atom stereocenters. The van der Waals surface area contributed by atoms with Crippen molar-refractivity contribution < 1.29 is 0 Å². The Morgan fingerprint density at radius 2 is 1.86 bits per heavy atom. The first-order valence-corrected chi connectivity index (χ1v) is 7.06. The van der Waals surface area contributed by atoms with Crippen LogP contribution < -0.4 is 0 Å². The van der Waals surface area contributed by atoms with Crippen LogP contribution in [0.1, 0.15) is 22.4 Å². The summed E-state index contributed by atoms with van der Waals surface area (Å²) in [5, 5.41) is 13.7. The third-order valence-electron chi connectivity index (χ3n) is 3.40. The van der Waals surface area contributed by atoms with Crippen LogP contribution in [0.4, 0.5) is 0 Å². The summed E-state index contributed by atoms with van der Waals surface area (Å²) in [6.45, 7) is 1.94. The second-order valence-electron chi connectivity index (χ2n) is 5.03. The molecule has 3 rings (SSSR count). The molecule has 106 valence electrons. The SMILES string of the molecule is Cc1ccn(-c2ccc(C=Cc3ccccc3)c(C#N)c2)n1. The molecule has 0 aliphatic carbocycles. The van der Waals surface area contributed by atoms with Gasteiger partial charge in [0, 0.05) is 6.20 Å². The zero-order valence-electron chi connectivity index (χ0n) is 12.3. The Morgan fingerprint density at radius 3 is 2.55 bits per heavy atom. The first-order chi connectivity index (χ1) is 10.8. The predicted molar refractivity (Wildman–Crippen MR) is 88.4 cm³/mol. The summed E-state index contributed by atoms with van der Waals surface area (Å²) in [7, 11) is 0. The van der Waals surface area contributed by atoms with Gasteiger partial charge in [0.2, 0.25) is 0 Å². The minimum absolute atomic E-state index is 0.637. The summed E-state index contributed by atoms with van der Waals surface area (Å²) in [5.74, 6) is 0. The van der Waals surface area contributed by atoms with Gasteiger partial charge < -0.3 is 0 Å². The molecule has 0 N–H and O–H groups in total. The fourth-order valence-electron chi connectivity index (χ4n) is 2.24.